The predicted molar refractivity (Wildman–Crippen MR) is 108 cm³/mol. The molecule has 8 nitrogen and oxygen atoms in total. The molecule has 2 saturated heterocycles. The average Bonchev–Trinajstić information content (AvgIpc) is 3.32. The van der Waals surface area contributed by atoms with E-state index in [0.29, 0.717) is 0 Å². The van der Waals surface area contributed by atoms with Crippen molar-refractivity contribution in [1.29, 1.82) is 0 Å². The highest BCUT2D eigenvalue weighted by Gasteiger charge is 2.52. The summed E-state index contributed by atoms with van der Waals surface area (Å²) in [6.07, 6.45) is -3.09. The van der Waals surface area contributed by atoms with Crippen LogP contribution in [0.1, 0.15) is 17.0 Å². The van der Waals surface area contributed by atoms with Crippen molar-refractivity contribution >= 4 is 12.1 Å². The summed E-state index contributed by atoms with van der Waals surface area (Å²) in [5, 5.41) is 9.83. The maximum absolute atomic E-state index is 13.0. The summed E-state index contributed by atoms with van der Waals surface area (Å²) in [6.45, 7) is -0.146. The quantitative estimate of drug-likeness (QED) is 0.748. The minimum absolute atomic E-state index is 0.0676. The lowest BCUT2D eigenvalue weighted by molar-refractivity contribution is -0.161. The van der Waals surface area contributed by atoms with Crippen LogP contribution in [0.15, 0.2) is 48.5 Å². The maximum atomic E-state index is 13.0. The number of rotatable bonds is 4. The second-order valence-electron chi connectivity index (χ2n) is 7.83. The molecule has 2 aliphatic heterocycles. The first kappa shape index (κ1) is 20.0. The number of fused-ring (bicyclic) bond motifs is 5. The van der Waals surface area contributed by atoms with Crippen molar-refractivity contribution in [3.63, 3.8) is 0 Å². The van der Waals surface area contributed by atoms with Crippen LogP contribution < -0.4 is 0 Å². The Kier molecular flexibility index (Phi) is 5.13. The third-order valence-corrected chi connectivity index (χ3v) is 6.21. The molecule has 0 saturated carbocycles. The van der Waals surface area contributed by atoms with Crippen LogP contribution in [-0.2, 0) is 23.7 Å². The van der Waals surface area contributed by atoms with Crippen molar-refractivity contribution in [1.82, 2.24) is 4.90 Å². The Bertz CT molecular complexity index is 963. The molecule has 4 atom stereocenters. The standard InChI is InChI=1S/C23H23NO7/c1-28-21(26)20-19-10-24(18(11-25)22(30-19)31-20)23(27)29-12-17-15-8-4-2-6-13(15)14-7-3-5-9-16(14)17/h2-9,17-20,22,25H,10-12H2,1H3/t18-,19+,20+,22+/m0/s1. The molecule has 0 unspecified atom stereocenters. The number of hydrogen-bond donors (Lipinski definition) is 1. The fourth-order valence-corrected chi connectivity index (χ4v) is 4.70. The van der Waals surface area contributed by atoms with Crippen LogP contribution in [0, 0.1) is 0 Å². The number of nitrogens with zero attached hydrogens (tertiary/aromatic N) is 1. The summed E-state index contributed by atoms with van der Waals surface area (Å²) in [5.74, 6) is -0.640. The molecule has 5 rings (SSSR count). The Labute approximate surface area is 179 Å². The molecule has 3 aliphatic rings. The van der Waals surface area contributed by atoms with Gasteiger partial charge in [-0.2, -0.15) is 0 Å². The molecule has 0 spiro atoms. The number of ether oxygens (including phenoxy) is 4. The highest BCUT2D eigenvalue weighted by atomic mass is 16.7. The van der Waals surface area contributed by atoms with Gasteiger partial charge in [0.25, 0.3) is 0 Å². The summed E-state index contributed by atoms with van der Waals surface area (Å²) >= 11 is 0. The molecule has 162 valence electrons. The summed E-state index contributed by atoms with van der Waals surface area (Å²) in [6, 6.07) is 15.4. The Hall–Kier alpha value is -2.94. The van der Waals surface area contributed by atoms with Gasteiger partial charge in [-0.15, -0.1) is 0 Å². The topological polar surface area (TPSA) is 94.5 Å². The maximum Gasteiger partial charge on any atom is 0.410 e. The minimum atomic E-state index is -0.935. The second-order valence-corrected chi connectivity index (χ2v) is 7.83. The molecular formula is C23H23NO7. The molecule has 2 aromatic rings. The number of carbonyl (C=O) groups excluding carboxylic acids is 2. The van der Waals surface area contributed by atoms with E-state index in [1.54, 1.807) is 0 Å². The Morgan fingerprint density at radius 3 is 2.32 bits per heavy atom. The first-order valence-corrected chi connectivity index (χ1v) is 10.2. The van der Waals surface area contributed by atoms with Crippen molar-refractivity contribution in [2.24, 2.45) is 0 Å². The molecule has 8 heteroatoms. The molecule has 2 bridgehead atoms. The van der Waals surface area contributed by atoms with Gasteiger partial charge in [0.1, 0.15) is 18.8 Å². The minimum Gasteiger partial charge on any atom is -0.467 e. The van der Waals surface area contributed by atoms with E-state index in [9.17, 15) is 14.7 Å². The van der Waals surface area contributed by atoms with Gasteiger partial charge in [0, 0.05) is 5.92 Å². The normalized spacial score (nSPS) is 26.3. The number of carbonyl (C=O) groups is 2. The van der Waals surface area contributed by atoms with E-state index in [4.69, 9.17) is 18.9 Å². The predicted octanol–water partition coefficient (Wildman–Crippen LogP) is 1.90. The van der Waals surface area contributed by atoms with Gasteiger partial charge in [-0.25, -0.2) is 9.59 Å². The first-order valence-electron chi connectivity index (χ1n) is 10.2. The number of aliphatic hydroxyl groups excluding tert-OH is 1. The van der Waals surface area contributed by atoms with Crippen LogP contribution >= 0.6 is 0 Å². The third kappa shape index (κ3) is 3.27. The van der Waals surface area contributed by atoms with Gasteiger partial charge < -0.3 is 24.1 Å². The highest BCUT2D eigenvalue weighted by molar-refractivity contribution is 5.79. The number of hydrogen-bond acceptors (Lipinski definition) is 7. The van der Waals surface area contributed by atoms with Gasteiger partial charge in [-0.3, -0.25) is 4.90 Å². The van der Waals surface area contributed by atoms with E-state index in [2.05, 4.69) is 12.1 Å². The van der Waals surface area contributed by atoms with Crippen molar-refractivity contribution in [2.45, 2.75) is 30.5 Å². The fourth-order valence-electron chi connectivity index (χ4n) is 4.70. The van der Waals surface area contributed by atoms with Crippen molar-refractivity contribution in [3.05, 3.63) is 59.7 Å². The summed E-state index contributed by atoms with van der Waals surface area (Å²) < 4.78 is 21.7. The number of benzene rings is 2. The summed E-state index contributed by atoms with van der Waals surface area (Å²) in [4.78, 5) is 26.3. The Morgan fingerprint density at radius 2 is 1.71 bits per heavy atom. The lowest BCUT2D eigenvalue weighted by atomic mass is 9.98. The van der Waals surface area contributed by atoms with Gasteiger partial charge in [0.2, 0.25) is 0 Å². The molecule has 0 radical (unpaired) electrons. The zero-order valence-corrected chi connectivity index (χ0v) is 17.0. The number of aliphatic hydroxyl groups is 1. The first-order chi connectivity index (χ1) is 15.1. The van der Waals surface area contributed by atoms with Crippen molar-refractivity contribution < 1.29 is 33.6 Å². The molecule has 31 heavy (non-hydrogen) atoms. The number of amides is 1. The van der Waals surface area contributed by atoms with E-state index in [1.165, 1.54) is 12.0 Å². The van der Waals surface area contributed by atoms with Crippen LogP contribution in [0.3, 0.4) is 0 Å². The summed E-state index contributed by atoms with van der Waals surface area (Å²) in [5.41, 5.74) is 4.52. The molecule has 2 aromatic carbocycles. The Morgan fingerprint density at radius 1 is 1.06 bits per heavy atom. The van der Waals surface area contributed by atoms with E-state index >= 15 is 0 Å². The van der Waals surface area contributed by atoms with Crippen LogP contribution in [0.5, 0.6) is 0 Å². The number of morpholine rings is 1. The molecule has 0 aromatic heterocycles. The van der Waals surface area contributed by atoms with Crippen molar-refractivity contribution in [3.8, 4) is 11.1 Å². The van der Waals surface area contributed by atoms with E-state index in [0.717, 1.165) is 22.3 Å². The molecule has 1 N–H and O–H groups in total. The largest absolute Gasteiger partial charge is 0.467 e. The number of esters is 1. The highest BCUT2D eigenvalue weighted by Crippen LogP contribution is 2.44. The van der Waals surface area contributed by atoms with Gasteiger partial charge >= 0.3 is 12.1 Å². The molecule has 1 aliphatic carbocycles. The zero-order chi connectivity index (χ0) is 21.5. The monoisotopic (exact) mass is 425 g/mol. The lowest BCUT2D eigenvalue weighted by Gasteiger charge is -2.37. The second kappa shape index (κ2) is 7.96. The van der Waals surface area contributed by atoms with Gasteiger partial charge in [-0.1, -0.05) is 48.5 Å². The third-order valence-electron chi connectivity index (χ3n) is 6.21. The van der Waals surface area contributed by atoms with Gasteiger partial charge in [0.15, 0.2) is 12.4 Å². The molecule has 2 heterocycles. The van der Waals surface area contributed by atoms with Crippen LogP contribution in [0.2, 0.25) is 0 Å². The average molecular weight is 425 g/mol. The Balaban J connectivity index is 1.32. The van der Waals surface area contributed by atoms with Gasteiger partial charge in [-0.05, 0) is 22.3 Å². The van der Waals surface area contributed by atoms with Crippen LogP contribution in [0.4, 0.5) is 4.79 Å². The SMILES string of the molecule is COC(=O)[C@@H]1O[C@H]2O[C@@H]1CN(C(=O)OCC1c3ccccc3-c3ccccc31)[C@H]2CO. The van der Waals surface area contributed by atoms with E-state index in [1.807, 2.05) is 36.4 Å². The number of methoxy groups -OCH3 is 1. The zero-order valence-electron chi connectivity index (χ0n) is 17.0. The van der Waals surface area contributed by atoms with E-state index < -0.39 is 36.6 Å². The van der Waals surface area contributed by atoms with Crippen LogP contribution in [0.25, 0.3) is 11.1 Å². The van der Waals surface area contributed by atoms with Crippen LogP contribution in [-0.4, -0.2) is 73.5 Å². The molecule has 2 fully saturated rings. The fraction of sp³-hybridized carbons (Fsp3) is 0.391. The lowest BCUT2D eigenvalue weighted by Crippen LogP contribution is -2.56. The van der Waals surface area contributed by atoms with Gasteiger partial charge in [0.05, 0.1) is 20.3 Å². The smallest absolute Gasteiger partial charge is 0.410 e. The molecular weight excluding hydrogens is 402 g/mol. The van der Waals surface area contributed by atoms with Crippen molar-refractivity contribution in [2.75, 3.05) is 26.9 Å². The summed E-state index contributed by atoms with van der Waals surface area (Å²) in [7, 11) is 1.26. The van der Waals surface area contributed by atoms with E-state index in [-0.39, 0.29) is 25.7 Å². The molecule has 1 amide bonds.